The van der Waals surface area contributed by atoms with Gasteiger partial charge in [-0.2, -0.15) is 0 Å². The van der Waals surface area contributed by atoms with E-state index in [1.807, 2.05) is 9.80 Å². The van der Waals surface area contributed by atoms with E-state index in [9.17, 15) is 0 Å². The largest absolute Gasteiger partial charge is 0.332 e. The zero-order valence-electron chi connectivity index (χ0n) is 13.4. The van der Waals surface area contributed by atoms with Crippen molar-refractivity contribution in [2.24, 2.45) is 17.8 Å². The summed E-state index contributed by atoms with van der Waals surface area (Å²) in [6.07, 6.45) is 12.3. The van der Waals surface area contributed by atoms with Crippen molar-refractivity contribution in [1.29, 1.82) is 0 Å². The van der Waals surface area contributed by atoms with Crippen LogP contribution in [0.3, 0.4) is 0 Å². The first-order valence-electron chi connectivity index (χ1n) is 9.48. The Morgan fingerprint density at radius 3 is 2.00 bits per heavy atom. The molecule has 2 aliphatic heterocycles. The van der Waals surface area contributed by atoms with Gasteiger partial charge in [-0.25, -0.2) is 0 Å². The summed E-state index contributed by atoms with van der Waals surface area (Å²) < 4.78 is 0. The molecule has 0 aromatic rings. The lowest BCUT2D eigenvalue weighted by Gasteiger charge is -2.40. The number of piperidine rings is 2. The second-order valence-electron chi connectivity index (χ2n) is 8.55. The monoisotopic (exact) mass is 278 g/mol. The molecule has 114 valence electrons. The minimum atomic E-state index is 0.999. The van der Waals surface area contributed by atoms with E-state index in [-0.39, 0.29) is 0 Å². The van der Waals surface area contributed by atoms with Gasteiger partial charge in [0.2, 0.25) is 0 Å². The van der Waals surface area contributed by atoms with Gasteiger partial charge in [0, 0.05) is 25.2 Å². The average Bonchev–Trinajstić information content (AvgIpc) is 3.11. The Hall–Kier alpha value is -0.0800. The van der Waals surface area contributed by atoms with Gasteiger partial charge in [-0.1, -0.05) is 6.92 Å². The molecule has 2 bridgehead atoms. The molecule has 0 unspecified atom stereocenters. The van der Waals surface area contributed by atoms with Crippen LogP contribution in [0, 0.1) is 17.8 Å². The minimum absolute atomic E-state index is 0.999. The maximum absolute atomic E-state index is 2.44. The zero-order valence-corrected chi connectivity index (χ0v) is 13.4. The van der Waals surface area contributed by atoms with Crippen molar-refractivity contribution in [3.8, 4) is 0 Å². The highest BCUT2D eigenvalue weighted by Crippen LogP contribution is 2.43. The number of likely N-dealkylation sites (tertiary alicyclic amines) is 2. The summed E-state index contributed by atoms with van der Waals surface area (Å²) in [5, 5.41) is 0. The van der Waals surface area contributed by atoms with Gasteiger partial charge in [-0.05, 0) is 43.9 Å². The molecule has 4 fully saturated rings. The summed E-state index contributed by atoms with van der Waals surface area (Å²) in [6, 6.07) is 2.09. The second-order valence-corrected chi connectivity index (χ2v) is 8.55. The third-order valence-electron chi connectivity index (χ3n) is 7.38. The lowest BCUT2D eigenvalue weighted by Crippen LogP contribution is -3.22. The first kappa shape index (κ1) is 13.6. The van der Waals surface area contributed by atoms with Crippen LogP contribution in [0.5, 0.6) is 0 Å². The highest BCUT2D eigenvalue weighted by molar-refractivity contribution is 4.90. The van der Waals surface area contributed by atoms with E-state index >= 15 is 0 Å². The molecule has 20 heavy (non-hydrogen) atoms. The number of fused-ring (bicyclic) bond motifs is 2. The standard InChI is InChI=1S/C18H32N2/c1-14-4-8-19(9-5-14)17-6-10-20(11-7-17)18-13-15-2-3-16(18)12-15/h14-18H,2-13H2,1H3/p+2/t15-,16+,18-/m0/s1. The van der Waals surface area contributed by atoms with Gasteiger partial charge in [0.15, 0.2) is 0 Å². The minimum Gasteiger partial charge on any atom is -0.332 e. The van der Waals surface area contributed by atoms with Crippen LogP contribution in [-0.4, -0.2) is 38.3 Å². The molecule has 4 aliphatic rings. The molecule has 0 spiro atoms. The van der Waals surface area contributed by atoms with E-state index in [2.05, 4.69) is 6.92 Å². The molecule has 2 heterocycles. The maximum Gasteiger partial charge on any atom is 0.0983 e. The molecule has 2 aliphatic carbocycles. The van der Waals surface area contributed by atoms with Crippen LogP contribution in [0.1, 0.15) is 58.3 Å². The summed E-state index contributed by atoms with van der Waals surface area (Å²) >= 11 is 0. The van der Waals surface area contributed by atoms with Crippen molar-refractivity contribution in [2.75, 3.05) is 26.2 Å². The van der Waals surface area contributed by atoms with Crippen molar-refractivity contribution in [3.63, 3.8) is 0 Å². The zero-order chi connectivity index (χ0) is 13.5. The Balaban J connectivity index is 1.28. The first-order valence-corrected chi connectivity index (χ1v) is 9.48. The van der Waals surface area contributed by atoms with E-state index < -0.39 is 0 Å². The number of quaternary nitrogens is 2. The number of nitrogens with one attached hydrogen (secondary N) is 2. The van der Waals surface area contributed by atoms with Crippen molar-refractivity contribution >= 4 is 0 Å². The molecular formula is C18H34N2+2. The van der Waals surface area contributed by atoms with Crippen LogP contribution >= 0.6 is 0 Å². The molecule has 3 atom stereocenters. The normalized spacial score (nSPS) is 52.4. The smallest absolute Gasteiger partial charge is 0.0983 e. The summed E-state index contributed by atoms with van der Waals surface area (Å²) in [5.74, 6) is 3.25. The van der Waals surface area contributed by atoms with E-state index in [1.54, 1.807) is 25.7 Å². The summed E-state index contributed by atoms with van der Waals surface area (Å²) in [6.45, 7) is 8.37. The van der Waals surface area contributed by atoms with E-state index in [4.69, 9.17) is 0 Å². The molecular weight excluding hydrogens is 244 g/mol. The fourth-order valence-corrected chi connectivity index (χ4v) is 6.05. The number of hydrogen-bond acceptors (Lipinski definition) is 0. The average molecular weight is 278 g/mol. The summed E-state index contributed by atoms with van der Waals surface area (Å²) in [4.78, 5) is 3.98. The summed E-state index contributed by atoms with van der Waals surface area (Å²) in [7, 11) is 0. The van der Waals surface area contributed by atoms with Crippen LogP contribution in [0.15, 0.2) is 0 Å². The molecule has 4 rings (SSSR count). The third-order valence-corrected chi connectivity index (χ3v) is 7.38. The lowest BCUT2D eigenvalue weighted by atomic mass is 9.90. The molecule has 2 heteroatoms. The second kappa shape index (κ2) is 5.61. The Morgan fingerprint density at radius 1 is 0.700 bits per heavy atom. The fraction of sp³-hybridized carbons (Fsp3) is 1.00. The van der Waals surface area contributed by atoms with Crippen LogP contribution in [0.4, 0.5) is 0 Å². The fourth-order valence-electron chi connectivity index (χ4n) is 6.05. The van der Waals surface area contributed by atoms with Crippen molar-refractivity contribution in [2.45, 2.75) is 70.4 Å². The SMILES string of the molecule is CC1CC[NH+](C2CC[NH+]([C@H]3C[C@H]4CC[C@@H]3C4)CC2)CC1. The van der Waals surface area contributed by atoms with Gasteiger partial charge in [-0.15, -0.1) is 0 Å². The molecule has 0 aromatic carbocycles. The van der Waals surface area contributed by atoms with Gasteiger partial charge in [0.25, 0.3) is 0 Å². The lowest BCUT2D eigenvalue weighted by molar-refractivity contribution is -0.972. The van der Waals surface area contributed by atoms with E-state index in [0.29, 0.717) is 0 Å². The molecule has 2 nitrogen and oxygen atoms in total. The highest BCUT2D eigenvalue weighted by atomic mass is 15.2. The predicted molar refractivity (Wildman–Crippen MR) is 82.0 cm³/mol. The van der Waals surface area contributed by atoms with Gasteiger partial charge >= 0.3 is 0 Å². The van der Waals surface area contributed by atoms with Crippen molar-refractivity contribution in [1.82, 2.24) is 0 Å². The Bertz CT molecular complexity index is 326. The van der Waals surface area contributed by atoms with Crippen molar-refractivity contribution in [3.05, 3.63) is 0 Å². The molecule has 2 saturated heterocycles. The number of hydrogen-bond donors (Lipinski definition) is 2. The Morgan fingerprint density at radius 2 is 1.40 bits per heavy atom. The molecule has 2 N–H and O–H groups in total. The Kier molecular flexibility index (Phi) is 3.80. The van der Waals surface area contributed by atoms with Gasteiger partial charge in [0.1, 0.15) is 0 Å². The van der Waals surface area contributed by atoms with Crippen LogP contribution in [-0.2, 0) is 0 Å². The maximum atomic E-state index is 2.44. The Labute approximate surface area is 124 Å². The quantitative estimate of drug-likeness (QED) is 0.729. The number of rotatable bonds is 2. The topological polar surface area (TPSA) is 8.88 Å². The van der Waals surface area contributed by atoms with Gasteiger partial charge in [0.05, 0.1) is 38.3 Å². The molecule has 0 aromatic heterocycles. The van der Waals surface area contributed by atoms with Gasteiger partial charge in [-0.3, -0.25) is 0 Å². The first-order chi connectivity index (χ1) is 9.79. The van der Waals surface area contributed by atoms with Crippen LogP contribution in [0.2, 0.25) is 0 Å². The summed E-state index contributed by atoms with van der Waals surface area (Å²) in [5.41, 5.74) is 0. The van der Waals surface area contributed by atoms with Crippen LogP contribution < -0.4 is 9.80 Å². The molecule has 0 amide bonds. The predicted octanol–water partition coefficient (Wildman–Crippen LogP) is 0.537. The molecule has 0 radical (unpaired) electrons. The highest BCUT2D eigenvalue weighted by Gasteiger charge is 2.46. The van der Waals surface area contributed by atoms with Crippen LogP contribution in [0.25, 0.3) is 0 Å². The van der Waals surface area contributed by atoms with E-state index in [1.165, 1.54) is 51.9 Å². The van der Waals surface area contributed by atoms with Crippen molar-refractivity contribution < 1.29 is 9.80 Å². The molecule has 2 saturated carbocycles. The van der Waals surface area contributed by atoms with E-state index in [0.717, 1.165) is 29.8 Å². The third kappa shape index (κ3) is 2.54. The van der Waals surface area contributed by atoms with Gasteiger partial charge < -0.3 is 9.80 Å².